The molecule has 40 valence electrons. The summed E-state index contributed by atoms with van der Waals surface area (Å²) in [6, 6.07) is 1.47. The van der Waals surface area contributed by atoms with Gasteiger partial charge in [-0.15, -0.1) is 0 Å². The molecule has 0 saturated heterocycles. The number of nitriles is 1. The van der Waals surface area contributed by atoms with Crippen molar-refractivity contribution < 1.29 is 10.2 Å². The van der Waals surface area contributed by atoms with Crippen molar-refractivity contribution in [2.75, 3.05) is 0 Å². The summed E-state index contributed by atoms with van der Waals surface area (Å²) < 4.78 is 0. The number of hydrogen-bond acceptors (Lipinski definition) is 3. The van der Waals surface area contributed by atoms with E-state index in [9.17, 15) is 0 Å². The fourth-order valence-corrected chi connectivity index (χ4v) is 0.108. The van der Waals surface area contributed by atoms with Crippen molar-refractivity contribution in [3.63, 3.8) is 0 Å². The molecule has 2 atom stereocenters. The summed E-state index contributed by atoms with van der Waals surface area (Å²) in [5.74, 6) is 0. The standard InChI is InChI=1S/C4H7NO2/c1-3(6)4(7)2-5/h3-4,6-7H,1H3/t3-,4-/m0/s1. The Morgan fingerprint density at radius 3 is 2.00 bits per heavy atom. The zero-order valence-corrected chi connectivity index (χ0v) is 4.00. The van der Waals surface area contributed by atoms with Crippen molar-refractivity contribution in [1.82, 2.24) is 0 Å². The van der Waals surface area contributed by atoms with Crippen molar-refractivity contribution >= 4 is 0 Å². The lowest BCUT2D eigenvalue weighted by molar-refractivity contribution is 0.0665. The van der Waals surface area contributed by atoms with E-state index in [0.29, 0.717) is 0 Å². The summed E-state index contributed by atoms with van der Waals surface area (Å²) in [5, 5.41) is 24.5. The third-order valence-corrected chi connectivity index (χ3v) is 0.589. The molecule has 3 nitrogen and oxygen atoms in total. The van der Waals surface area contributed by atoms with Gasteiger partial charge in [0.2, 0.25) is 0 Å². The van der Waals surface area contributed by atoms with Crippen molar-refractivity contribution in [3.05, 3.63) is 0 Å². The number of hydrogen-bond donors (Lipinski definition) is 2. The van der Waals surface area contributed by atoms with Gasteiger partial charge < -0.3 is 10.2 Å². The van der Waals surface area contributed by atoms with Gasteiger partial charge in [-0.25, -0.2) is 0 Å². The number of aliphatic hydroxyl groups is 2. The van der Waals surface area contributed by atoms with Crippen molar-refractivity contribution in [2.24, 2.45) is 0 Å². The minimum absolute atomic E-state index is 0.940. The average Bonchev–Trinajstić information content (AvgIpc) is 1.65. The van der Waals surface area contributed by atoms with Gasteiger partial charge in [-0.3, -0.25) is 0 Å². The van der Waals surface area contributed by atoms with E-state index in [-0.39, 0.29) is 0 Å². The van der Waals surface area contributed by atoms with Crippen molar-refractivity contribution in [1.29, 1.82) is 5.26 Å². The molecule has 0 unspecified atom stereocenters. The summed E-state index contributed by atoms with van der Waals surface area (Å²) in [6.45, 7) is 1.36. The van der Waals surface area contributed by atoms with E-state index in [2.05, 4.69) is 0 Å². The highest BCUT2D eigenvalue weighted by Crippen LogP contribution is 1.86. The van der Waals surface area contributed by atoms with Crippen LogP contribution >= 0.6 is 0 Å². The SMILES string of the molecule is C[C@H](O)[C@@H](O)C#N. The third-order valence-electron chi connectivity index (χ3n) is 0.589. The van der Waals surface area contributed by atoms with Crippen LogP contribution in [0.4, 0.5) is 0 Å². The number of rotatable bonds is 1. The first kappa shape index (κ1) is 6.41. The second kappa shape index (κ2) is 2.56. The Bertz CT molecular complexity index is 84.2. The van der Waals surface area contributed by atoms with Crippen LogP contribution < -0.4 is 0 Å². The molecule has 0 fully saturated rings. The van der Waals surface area contributed by atoms with Crippen LogP contribution in [0.25, 0.3) is 0 Å². The molecule has 0 radical (unpaired) electrons. The highest BCUT2D eigenvalue weighted by atomic mass is 16.3. The van der Waals surface area contributed by atoms with Crippen LogP contribution in [0.2, 0.25) is 0 Å². The van der Waals surface area contributed by atoms with Crippen LogP contribution in [-0.2, 0) is 0 Å². The highest BCUT2D eigenvalue weighted by Gasteiger charge is 2.06. The van der Waals surface area contributed by atoms with Gasteiger partial charge in [0.05, 0.1) is 12.2 Å². The van der Waals surface area contributed by atoms with E-state index < -0.39 is 12.2 Å². The summed E-state index contributed by atoms with van der Waals surface area (Å²) in [6.07, 6.45) is -2.18. The second-order valence-corrected chi connectivity index (χ2v) is 1.31. The maximum Gasteiger partial charge on any atom is 0.165 e. The van der Waals surface area contributed by atoms with Gasteiger partial charge >= 0.3 is 0 Å². The summed E-state index contributed by atoms with van der Waals surface area (Å²) in [4.78, 5) is 0. The zero-order valence-electron chi connectivity index (χ0n) is 4.00. The minimum atomic E-state index is -1.24. The molecule has 3 heteroatoms. The van der Waals surface area contributed by atoms with Gasteiger partial charge in [-0.2, -0.15) is 5.26 Å². The number of nitrogens with zero attached hydrogens (tertiary/aromatic N) is 1. The molecule has 0 aliphatic carbocycles. The molecule has 0 aromatic carbocycles. The van der Waals surface area contributed by atoms with E-state index in [4.69, 9.17) is 15.5 Å². The van der Waals surface area contributed by atoms with E-state index in [1.54, 1.807) is 0 Å². The maximum absolute atomic E-state index is 8.35. The van der Waals surface area contributed by atoms with Crippen molar-refractivity contribution in [2.45, 2.75) is 19.1 Å². The van der Waals surface area contributed by atoms with Crippen LogP contribution in [0, 0.1) is 11.3 Å². The Balaban J connectivity index is 3.40. The topological polar surface area (TPSA) is 64.2 Å². The van der Waals surface area contributed by atoms with Gasteiger partial charge in [0, 0.05) is 0 Å². The Hall–Kier alpha value is -0.590. The van der Waals surface area contributed by atoms with E-state index in [1.165, 1.54) is 13.0 Å². The molecule has 0 saturated carbocycles. The smallest absolute Gasteiger partial charge is 0.165 e. The maximum atomic E-state index is 8.35. The summed E-state index contributed by atoms with van der Waals surface area (Å²) in [7, 11) is 0. The first-order chi connectivity index (χ1) is 3.18. The Morgan fingerprint density at radius 1 is 1.57 bits per heavy atom. The first-order valence-electron chi connectivity index (χ1n) is 1.94. The number of aliphatic hydroxyl groups excluding tert-OH is 2. The highest BCUT2D eigenvalue weighted by molar-refractivity contribution is 4.85. The molecule has 0 aliphatic heterocycles. The third kappa shape index (κ3) is 2.15. The van der Waals surface area contributed by atoms with Crippen LogP contribution in [0.5, 0.6) is 0 Å². The molecule has 0 aliphatic rings. The average molecular weight is 101 g/mol. The first-order valence-corrected chi connectivity index (χ1v) is 1.94. The largest absolute Gasteiger partial charge is 0.390 e. The van der Waals surface area contributed by atoms with E-state index in [0.717, 1.165) is 0 Å². The lowest BCUT2D eigenvalue weighted by Crippen LogP contribution is -2.19. The fourth-order valence-electron chi connectivity index (χ4n) is 0.108. The zero-order chi connectivity index (χ0) is 5.86. The normalized spacial score (nSPS) is 17.4. The summed E-state index contributed by atoms with van der Waals surface area (Å²) in [5.41, 5.74) is 0. The predicted molar refractivity (Wildman–Crippen MR) is 23.3 cm³/mol. The van der Waals surface area contributed by atoms with E-state index >= 15 is 0 Å². The molecular weight excluding hydrogens is 94.0 g/mol. The molecule has 0 spiro atoms. The van der Waals surface area contributed by atoms with Gasteiger partial charge in [-0.1, -0.05) is 0 Å². The van der Waals surface area contributed by atoms with Gasteiger partial charge in [-0.05, 0) is 6.92 Å². The van der Waals surface area contributed by atoms with Crippen LogP contribution in [0.3, 0.4) is 0 Å². The van der Waals surface area contributed by atoms with Crippen LogP contribution in [0.15, 0.2) is 0 Å². The molecule has 0 aromatic rings. The summed E-state index contributed by atoms with van der Waals surface area (Å²) >= 11 is 0. The minimum Gasteiger partial charge on any atom is -0.390 e. The molecule has 2 N–H and O–H groups in total. The van der Waals surface area contributed by atoms with Gasteiger partial charge in [0.15, 0.2) is 6.10 Å². The molecule has 0 heterocycles. The fraction of sp³-hybridized carbons (Fsp3) is 0.750. The molecule has 0 rings (SSSR count). The molecule has 0 aromatic heterocycles. The Labute approximate surface area is 41.8 Å². The Kier molecular flexibility index (Phi) is 2.34. The van der Waals surface area contributed by atoms with Gasteiger partial charge in [0.25, 0.3) is 0 Å². The second-order valence-electron chi connectivity index (χ2n) is 1.31. The molecule has 7 heavy (non-hydrogen) atoms. The quantitative estimate of drug-likeness (QED) is 0.427. The molecular formula is C4H7NO2. The van der Waals surface area contributed by atoms with Crippen LogP contribution in [0.1, 0.15) is 6.92 Å². The van der Waals surface area contributed by atoms with Crippen LogP contribution in [-0.4, -0.2) is 22.4 Å². The predicted octanol–water partition coefficient (Wildman–Crippen LogP) is -0.748. The lowest BCUT2D eigenvalue weighted by atomic mass is 10.3. The Morgan fingerprint density at radius 2 is 2.00 bits per heavy atom. The molecule has 0 bridgehead atoms. The van der Waals surface area contributed by atoms with Crippen molar-refractivity contribution in [3.8, 4) is 6.07 Å². The lowest BCUT2D eigenvalue weighted by Gasteiger charge is -2.00. The molecule has 0 amide bonds. The van der Waals surface area contributed by atoms with E-state index in [1.807, 2.05) is 0 Å². The van der Waals surface area contributed by atoms with Gasteiger partial charge in [0.1, 0.15) is 0 Å². The monoisotopic (exact) mass is 101 g/mol.